The number of esters is 2. The lowest BCUT2D eigenvalue weighted by Crippen LogP contribution is -2.24. The summed E-state index contributed by atoms with van der Waals surface area (Å²) in [5.74, 6) is -0.336. The number of ether oxygens (including phenoxy) is 3. The van der Waals surface area contributed by atoms with Crippen molar-refractivity contribution in [2.24, 2.45) is 0 Å². The van der Waals surface area contributed by atoms with E-state index in [0.29, 0.717) is 17.9 Å². The maximum Gasteiger partial charge on any atom is 0.347 e. The molecule has 1 atom stereocenters. The van der Waals surface area contributed by atoms with Crippen LogP contribution in [-0.4, -0.2) is 18.2 Å². The molecule has 0 saturated carbocycles. The summed E-state index contributed by atoms with van der Waals surface area (Å²) in [5, 5.41) is 0. The molecule has 31 heavy (non-hydrogen) atoms. The van der Waals surface area contributed by atoms with Gasteiger partial charge in [-0.25, -0.2) is 9.59 Å². The zero-order valence-corrected chi connectivity index (χ0v) is 18.3. The van der Waals surface area contributed by atoms with Gasteiger partial charge in [0.15, 0.2) is 0 Å². The predicted molar refractivity (Wildman–Crippen MR) is 121 cm³/mol. The summed E-state index contributed by atoms with van der Waals surface area (Å²) in [6.45, 7) is 5.65. The van der Waals surface area contributed by atoms with E-state index in [0.717, 1.165) is 25.3 Å². The summed E-state index contributed by atoms with van der Waals surface area (Å²) >= 11 is 0. The van der Waals surface area contributed by atoms with E-state index in [4.69, 9.17) is 14.2 Å². The van der Waals surface area contributed by atoms with Gasteiger partial charge >= 0.3 is 11.9 Å². The highest BCUT2D eigenvalue weighted by atomic mass is 16.7. The molecule has 2 rings (SSSR count). The van der Waals surface area contributed by atoms with Crippen molar-refractivity contribution in [3.63, 3.8) is 0 Å². The van der Waals surface area contributed by atoms with Crippen molar-refractivity contribution in [1.82, 2.24) is 0 Å². The molecule has 0 bridgehead atoms. The number of carbonyl (C=O) groups excluding carboxylic acids is 2. The van der Waals surface area contributed by atoms with Gasteiger partial charge in [0.25, 0.3) is 0 Å². The molecule has 2 aromatic carbocycles. The summed E-state index contributed by atoms with van der Waals surface area (Å²) in [7, 11) is 0. The standard InChI is InChI=1S/C26H32O5/c1-3-5-6-7-8-9-13-20-25(31-24(27)4-2)30-23-19-15-14-18-22(23)26(28)29-21-16-11-10-12-17-21/h4,10-12,14-19,25H,2-3,5-9,13,20H2,1H3. The number of para-hydroxylation sites is 2. The first kappa shape index (κ1) is 24.2. The fraction of sp³-hybridized carbons (Fsp3) is 0.385. The Balaban J connectivity index is 1.99. The Morgan fingerprint density at radius 3 is 2.26 bits per heavy atom. The molecule has 0 aliphatic carbocycles. The lowest BCUT2D eigenvalue weighted by molar-refractivity contribution is -0.158. The maximum atomic E-state index is 12.7. The molecule has 0 aromatic heterocycles. The van der Waals surface area contributed by atoms with E-state index in [1.54, 1.807) is 48.5 Å². The summed E-state index contributed by atoms with van der Waals surface area (Å²) in [4.78, 5) is 24.4. The Morgan fingerprint density at radius 2 is 1.55 bits per heavy atom. The number of hydrogen-bond acceptors (Lipinski definition) is 5. The van der Waals surface area contributed by atoms with Crippen molar-refractivity contribution >= 4 is 11.9 Å². The van der Waals surface area contributed by atoms with E-state index in [9.17, 15) is 9.59 Å². The molecule has 0 spiro atoms. The van der Waals surface area contributed by atoms with Gasteiger partial charge in [0.1, 0.15) is 17.1 Å². The van der Waals surface area contributed by atoms with Gasteiger partial charge in [-0.05, 0) is 30.7 Å². The highest BCUT2D eigenvalue weighted by molar-refractivity contribution is 5.94. The molecular weight excluding hydrogens is 392 g/mol. The first-order valence-corrected chi connectivity index (χ1v) is 11.0. The molecule has 0 saturated heterocycles. The Kier molecular flexibility index (Phi) is 10.9. The molecule has 0 heterocycles. The van der Waals surface area contributed by atoms with Gasteiger partial charge in [0.2, 0.25) is 6.29 Å². The number of hydrogen-bond donors (Lipinski definition) is 0. The molecule has 0 N–H and O–H groups in total. The van der Waals surface area contributed by atoms with Gasteiger partial charge in [0.05, 0.1) is 0 Å². The summed E-state index contributed by atoms with van der Waals surface area (Å²) in [6, 6.07) is 15.6. The Hall–Kier alpha value is -3.08. The molecule has 0 fully saturated rings. The molecule has 5 heteroatoms. The molecule has 1 unspecified atom stereocenters. The van der Waals surface area contributed by atoms with E-state index in [-0.39, 0.29) is 5.56 Å². The normalized spacial score (nSPS) is 11.4. The van der Waals surface area contributed by atoms with Crippen molar-refractivity contribution in [3.05, 3.63) is 72.8 Å². The SMILES string of the molecule is C=CC(=O)OC(CCCCCCCCC)Oc1ccccc1C(=O)Oc1ccccc1. The third-order valence-electron chi connectivity index (χ3n) is 4.78. The molecule has 0 aliphatic rings. The molecule has 0 amide bonds. The highest BCUT2D eigenvalue weighted by Crippen LogP contribution is 2.24. The molecular formula is C26H32O5. The van der Waals surface area contributed by atoms with Crippen LogP contribution in [0.5, 0.6) is 11.5 Å². The average molecular weight is 425 g/mol. The quantitative estimate of drug-likeness (QED) is 0.114. The van der Waals surface area contributed by atoms with E-state index >= 15 is 0 Å². The minimum absolute atomic E-state index is 0.269. The molecule has 0 radical (unpaired) electrons. The van der Waals surface area contributed by atoms with E-state index in [1.165, 1.54) is 25.7 Å². The Bertz CT molecular complexity index is 816. The second-order valence-electron chi connectivity index (χ2n) is 7.30. The lowest BCUT2D eigenvalue weighted by Gasteiger charge is -2.20. The maximum absolute atomic E-state index is 12.7. The fourth-order valence-electron chi connectivity index (χ4n) is 3.12. The van der Waals surface area contributed by atoms with Gasteiger partial charge < -0.3 is 14.2 Å². The average Bonchev–Trinajstić information content (AvgIpc) is 2.79. The molecule has 5 nitrogen and oxygen atoms in total. The third-order valence-corrected chi connectivity index (χ3v) is 4.78. The van der Waals surface area contributed by atoms with Crippen LogP contribution in [0.2, 0.25) is 0 Å². The third kappa shape index (κ3) is 9.08. The Morgan fingerprint density at radius 1 is 0.903 bits per heavy atom. The minimum atomic E-state index is -0.799. The van der Waals surface area contributed by atoms with Crippen molar-refractivity contribution < 1.29 is 23.8 Å². The van der Waals surface area contributed by atoms with Gasteiger partial charge in [-0.1, -0.05) is 82.4 Å². The first-order valence-electron chi connectivity index (χ1n) is 11.0. The fourth-order valence-corrected chi connectivity index (χ4v) is 3.12. The topological polar surface area (TPSA) is 61.8 Å². The van der Waals surface area contributed by atoms with Gasteiger partial charge in [0, 0.05) is 12.5 Å². The largest absolute Gasteiger partial charge is 0.454 e. The molecule has 0 aliphatic heterocycles. The zero-order chi connectivity index (χ0) is 22.3. The van der Waals surface area contributed by atoms with Gasteiger partial charge in [-0.3, -0.25) is 0 Å². The molecule has 2 aromatic rings. The van der Waals surface area contributed by atoms with Crippen molar-refractivity contribution in [3.8, 4) is 11.5 Å². The van der Waals surface area contributed by atoms with Crippen molar-refractivity contribution in [2.45, 2.75) is 64.6 Å². The van der Waals surface area contributed by atoms with Crippen LogP contribution in [0.15, 0.2) is 67.3 Å². The summed E-state index contributed by atoms with van der Waals surface area (Å²) in [5.41, 5.74) is 0.269. The van der Waals surface area contributed by atoms with E-state index in [2.05, 4.69) is 13.5 Å². The number of benzene rings is 2. The number of carbonyl (C=O) groups is 2. The van der Waals surface area contributed by atoms with E-state index in [1.807, 2.05) is 6.07 Å². The van der Waals surface area contributed by atoms with Crippen LogP contribution in [-0.2, 0) is 9.53 Å². The van der Waals surface area contributed by atoms with Crippen LogP contribution in [0, 0.1) is 0 Å². The zero-order valence-electron chi connectivity index (χ0n) is 18.3. The predicted octanol–water partition coefficient (Wildman–Crippen LogP) is 6.48. The second-order valence-corrected chi connectivity index (χ2v) is 7.30. The van der Waals surface area contributed by atoms with Gasteiger partial charge in [-0.15, -0.1) is 0 Å². The lowest BCUT2D eigenvalue weighted by atomic mass is 10.1. The smallest absolute Gasteiger partial charge is 0.347 e. The highest BCUT2D eigenvalue weighted by Gasteiger charge is 2.20. The van der Waals surface area contributed by atoms with Crippen LogP contribution in [0.4, 0.5) is 0 Å². The second kappa shape index (κ2) is 14.0. The van der Waals surface area contributed by atoms with Crippen LogP contribution >= 0.6 is 0 Å². The Labute approximate surface area is 185 Å². The minimum Gasteiger partial charge on any atom is -0.454 e. The first-order chi connectivity index (χ1) is 15.1. The van der Waals surface area contributed by atoms with E-state index < -0.39 is 18.2 Å². The summed E-state index contributed by atoms with van der Waals surface area (Å²) in [6.07, 6.45) is 8.82. The number of rotatable bonds is 14. The van der Waals surface area contributed by atoms with Crippen molar-refractivity contribution in [1.29, 1.82) is 0 Å². The number of unbranched alkanes of at least 4 members (excludes halogenated alkanes) is 6. The van der Waals surface area contributed by atoms with Crippen LogP contribution < -0.4 is 9.47 Å². The van der Waals surface area contributed by atoms with Crippen LogP contribution in [0.1, 0.15) is 68.6 Å². The van der Waals surface area contributed by atoms with Crippen LogP contribution in [0.3, 0.4) is 0 Å². The van der Waals surface area contributed by atoms with Crippen LogP contribution in [0.25, 0.3) is 0 Å². The van der Waals surface area contributed by atoms with Crippen molar-refractivity contribution in [2.75, 3.05) is 0 Å². The molecule has 166 valence electrons. The summed E-state index contributed by atoms with van der Waals surface area (Å²) < 4.78 is 16.7. The monoisotopic (exact) mass is 424 g/mol. The van der Waals surface area contributed by atoms with Gasteiger partial charge in [-0.2, -0.15) is 0 Å².